The van der Waals surface area contributed by atoms with E-state index >= 15 is 0 Å². The van der Waals surface area contributed by atoms with Gasteiger partial charge in [-0.15, -0.1) is 0 Å². The van der Waals surface area contributed by atoms with Gasteiger partial charge in [-0.2, -0.15) is 4.99 Å². The first-order valence-electron chi connectivity index (χ1n) is 10.7. The Kier molecular flexibility index (Phi) is 8.57. The third kappa shape index (κ3) is 7.26. The van der Waals surface area contributed by atoms with Crippen molar-refractivity contribution in [2.24, 2.45) is 10.7 Å². The number of nitrogens with zero attached hydrogens (tertiary/aromatic N) is 2. The fourth-order valence-corrected chi connectivity index (χ4v) is 2.85. The number of amides is 2. The molecule has 3 N–H and O–H groups in total. The topological polar surface area (TPSA) is 106 Å². The summed E-state index contributed by atoms with van der Waals surface area (Å²) in [5.41, 5.74) is 5.18. The van der Waals surface area contributed by atoms with E-state index in [1.807, 2.05) is 20.8 Å². The number of rotatable bonds is 7. The number of amidine groups is 1. The van der Waals surface area contributed by atoms with Crippen molar-refractivity contribution in [2.75, 3.05) is 21.1 Å². The van der Waals surface area contributed by atoms with Crippen molar-refractivity contribution >= 4 is 17.6 Å². The first-order chi connectivity index (χ1) is 16.2. The van der Waals surface area contributed by atoms with Crippen molar-refractivity contribution < 1.29 is 27.8 Å². The van der Waals surface area contributed by atoms with Crippen LogP contribution in [0.1, 0.15) is 47.1 Å². The Morgan fingerprint density at radius 3 is 2.26 bits per heavy atom. The molecular weight excluding hydrogens is 458 g/mol. The Morgan fingerprint density at radius 1 is 1.06 bits per heavy atom. The predicted molar refractivity (Wildman–Crippen MR) is 130 cm³/mol. The third-order valence-corrected chi connectivity index (χ3v) is 4.50. The summed E-state index contributed by atoms with van der Waals surface area (Å²) in [6, 6.07) is 4.36. The van der Waals surface area contributed by atoms with Gasteiger partial charge in [0, 0.05) is 38.3 Å². The number of benzene rings is 2. The molecule has 8 nitrogen and oxygen atoms in total. The lowest BCUT2D eigenvalue weighted by molar-refractivity contribution is 0.0822. The van der Waals surface area contributed by atoms with E-state index in [-0.39, 0.29) is 22.9 Å². The highest BCUT2D eigenvalue weighted by molar-refractivity contribution is 6.06. The number of halogens is 2. The zero-order valence-corrected chi connectivity index (χ0v) is 20.8. The van der Waals surface area contributed by atoms with E-state index in [1.54, 1.807) is 14.0 Å². The number of aliphatic imine (C=N–C) groups is 1. The van der Waals surface area contributed by atoms with Crippen molar-refractivity contribution in [3.8, 4) is 17.2 Å². The monoisotopic (exact) mass is 488 g/mol. The van der Waals surface area contributed by atoms with Crippen molar-refractivity contribution in [1.82, 2.24) is 10.2 Å². The van der Waals surface area contributed by atoms with Crippen LogP contribution in [0, 0.1) is 18.6 Å². The molecule has 0 spiro atoms. The van der Waals surface area contributed by atoms with Gasteiger partial charge in [-0.25, -0.2) is 8.78 Å². The number of nitrogens with two attached hydrogens (primary N) is 1. The molecule has 0 saturated carbocycles. The number of hydrogen-bond donors (Lipinski definition) is 2. The van der Waals surface area contributed by atoms with Gasteiger partial charge in [0.25, 0.3) is 11.8 Å². The van der Waals surface area contributed by atoms with Gasteiger partial charge in [0.15, 0.2) is 11.6 Å². The molecule has 2 aromatic carbocycles. The molecular formula is C25H30F2N4O4. The van der Waals surface area contributed by atoms with E-state index in [1.165, 1.54) is 38.5 Å². The summed E-state index contributed by atoms with van der Waals surface area (Å²) in [7, 11) is 4.52. The van der Waals surface area contributed by atoms with Crippen LogP contribution in [-0.4, -0.2) is 49.3 Å². The summed E-state index contributed by atoms with van der Waals surface area (Å²) in [6.45, 7) is 7.09. The van der Waals surface area contributed by atoms with Crippen molar-refractivity contribution in [2.45, 2.75) is 33.3 Å². The van der Waals surface area contributed by atoms with Crippen LogP contribution >= 0.6 is 0 Å². The quantitative estimate of drug-likeness (QED) is 0.448. The molecule has 0 unspecified atom stereocenters. The minimum Gasteiger partial charge on any atom is -0.488 e. The number of hydrogen-bond acceptors (Lipinski definition) is 5. The number of nitrogens with one attached hydrogen (secondary N) is 1. The second-order valence-electron chi connectivity index (χ2n) is 8.84. The number of carbonyl (C=O) groups is 2. The van der Waals surface area contributed by atoms with Gasteiger partial charge >= 0.3 is 0 Å². The normalized spacial score (nSPS) is 12.0. The maximum absolute atomic E-state index is 14.8. The van der Waals surface area contributed by atoms with Crippen LogP contribution in [0.4, 0.5) is 8.78 Å². The van der Waals surface area contributed by atoms with E-state index in [0.717, 1.165) is 17.0 Å². The lowest BCUT2D eigenvalue weighted by Crippen LogP contribution is -2.24. The number of ether oxygens (including phenoxy) is 2. The molecule has 0 radical (unpaired) electrons. The van der Waals surface area contributed by atoms with Crippen LogP contribution in [0.3, 0.4) is 0 Å². The van der Waals surface area contributed by atoms with Gasteiger partial charge in [-0.05, 0) is 58.2 Å². The van der Waals surface area contributed by atoms with Crippen LogP contribution < -0.4 is 20.5 Å². The van der Waals surface area contributed by atoms with E-state index in [4.69, 9.17) is 15.2 Å². The standard InChI is InChI=1S/C25H30F2N4O4/c1-14-19(34-21-13-17(26)16(12-18(21)27)24(33)31(6)7)10-15(11-20(14)35-25(2,3)4)23(32)30-22(28)8-9-29-5/h8-13,29H,1-7H3,(H2,28,30,32)/b9-8-. The molecule has 35 heavy (non-hydrogen) atoms. The summed E-state index contributed by atoms with van der Waals surface area (Å²) in [5.74, 6) is -3.47. The lowest BCUT2D eigenvalue weighted by Gasteiger charge is -2.24. The molecule has 0 aliphatic carbocycles. The smallest absolute Gasteiger partial charge is 0.279 e. The molecule has 10 heteroatoms. The Balaban J connectivity index is 2.57. The first-order valence-corrected chi connectivity index (χ1v) is 10.7. The van der Waals surface area contributed by atoms with Crippen molar-refractivity contribution in [3.63, 3.8) is 0 Å². The Bertz CT molecular complexity index is 1180. The van der Waals surface area contributed by atoms with Gasteiger partial charge in [-0.3, -0.25) is 9.59 Å². The SMILES string of the molecule is CN/C=C\C(N)=NC(=O)c1cc(Oc2cc(F)c(C(=O)N(C)C)cc2F)c(C)c(OC(C)(C)C)c1. The molecule has 0 heterocycles. The molecule has 0 bridgehead atoms. The van der Waals surface area contributed by atoms with Crippen LogP contribution in [0.25, 0.3) is 0 Å². The van der Waals surface area contributed by atoms with Gasteiger partial charge in [0.2, 0.25) is 0 Å². The van der Waals surface area contributed by atoms with E-state index in [2.05, 4.69) is 10.3 Å². The largest absolute Gasteiger partial charge is 0.488 e. The molecule has 188 valence electrons. The Hall–Kier alpha value is -3.95. The molecule has 2 aromatic rings. The lowest BCUT2D eigenvalue weighted by atomic mass is 10.1. The Morgan fingerprint density at radius 2 is 1.69 bits per heavy atom. The van der Waals surface area contributed by atoms with Crippen molar-refractivity contribution in [3.05, 3.63) is 64.9 Å². The molecule has 0 aliphatic heterocycles. The highest BCUT2D eigenvalue weighted by atomic mass is 19.1. The number of carbonyl (C=O) groups excluding carboxylic acids is 2. The minimum atomic E-state index is -0.954. The van der Waals surface area contributed by atoms with Crippen LogP contribution in [-0.2, 0) is 0 Å². The first kappa shape index (κ1) is 27.3. The zero-order valence-electron chi connectivity index (χ0n) is 20.8. The van der Waals surface area contributed by atoms with Crippen LogP contribution in [0.5, 0.6) is 17.2 Å². The third-order valence-electron chi connectivity index (χ3n) is 4.50. The average molecular weight is 489 g/mol. The fourth-order valence-electron chi connectivity index (χ4n) is 2.85. The Labute approximate surface area is 203 Å². The fraction of sp³-hybridized carbons (Fsp3) is 0.320. The molecule has 0 aromatic heterocycles. The molecule has 0 fully saturated rings. The summed E-state index contributed by atoms with van der Waals surface area (Å²) in [4.78, 5) is 29.8. The van der Waals surface area contributed by atoms with E-state index in [0.29, 0.717) is 5.56 Å². The van der Waals surface area contributed by atoms with Crippen LogP contribution in [0.2, 0.25) is 0 Å². The maximum Gasteiger partial charge on any atom is 0.279 e. The molecule has 0 atom stereocenters. The summed E-state index contributed by atoms with van der Waals surface area (Å²) in [6.07, 6.45) is 2.91. The maximum atomic E-state index is 14.8. The second kappa shape index (κ2) is 11.0. The molecule has 2 rings (SSSR count). The minimum absolute atomic E-state index is 0.0413. The molecule has 2 amide bonds. The highest BCUT2D eigenvalue weighted by Gasteiger charge is 2.22. The van der Waals surface area contributed by atoms with Gasteiger partial charge in [0.1, 0.15) is 28.8 Å². The average Bonchev–Trinajstić information content (AvgIpc) is 2.75. The van der Waals surface area contributed by atoms with E-state index < -0.39 is 40.4 Å². The van der Waals surface area contributed by atoms with Gasteiger partial charge in [0.05, 0.1) is 5.56 Å². The van der Waals surface area contributed by atoms with Gasteiger partial charge in [-0.1, -0.05) is 0 Å². The summed E-state index contributed by atoms with van der Waals surface area (Å²) in [5, 5.41) is 2.73. The zero-order chi connectivity index (χ0) is 26.5. The predicted octanol–water partition coefficient (Wildman–Crippen LogP) is 4.18. The van der Waals surface area contributed by atoms with Crippen molar-refractivity contribution in [1.29, 1.82) is 0 Å². The van der Waals surface area contributed by atoms with E-state index in [9.17, 15) is 18.4 Å². The van der Waals surface area contributed by atoms with Gasteiger partial charge < -0.3 is 25.4 Å². The van der Waals surface area contributed by atoms with Crippen LogP contribution in [0.15, 0.2) is 41.5 Å². The second-order valence-corrected chi connectivity index (χ2v) is 8.84. The molecule has 0 saturated heterocycles. The summed E-state index contributed by atoms with van der Waals surface area (Å²) < 4.78 is 41.0. The summed E-state index contributed by atoms with van der Waals surface area (Å²) >= 11 is 0. The highest BCUT2D eigenvalue weighted by Crippen LogP contribution is 2.36. The molecule has 0 aliphatic rings.